The molecule has 0 aliphatic heterocycles. The van der Waals surface area contributed by atoms with E-state index in [9.17, 15) is 22.8 Å². The normalized spacial score (nSPS) is 11.3. The fourth-order valence-corrected chi connectivity index (χ4v) is 1.92. The van der Waals surface area contributed by atoms with Gasteiger partial charge in [0.2, 0.25) is 5.82 Å². The summed E-state index contributed by atoms with van der Waals surface area (Å²) in [5.41, 5.74) is 0.922. The lowest BCUT2D eigenvalue weighted by Gasteiger charge is -2.20. The Morgan fingerprint density at radius 2 is 1.81 bits per heavy atom. The number of amides is 1. The van der Waals surface area contributed by atoms with Crippen molar-refractivity contribution < 1.29 is 32.1 Å². The summed E-state index contributed by atoms with van der Waals surface area (Å²) >= 11 is 0. The average Bonchev–Trinajstić information content (AvgIpc) is 3.11. The van der Waals surface area contributed by atoms with E-state index in [0.717, 1.165) is 5.06 Å². The van der Waals surface area contributed by atoms with Crippen molar-refractivity contribution in [2.45, 2.75) is 39.4 Å². The lowest BCUT2D eigenvalue weighted by Crippen LogP contribution is -2.32. The first-order valence-electron chi connectivity index (χ1n) is 7.76. The molecule has 1 aromatic carbocycles. The minimum Gasteiger partial charge on any atom is -0.338 e. The van der Waals surface area contributed by atoms with Crippen molar-refractivity contribution in [2.75, 3.05) is 0 Å². The smallest absolute Gasteiger partial charge is 0.338 e. The first-order chi connectivity index (χ1) is 12.2. The van der Waals surface area contributed by atoms with Crippen LogP contribution in [0, 0.1) is 0 Å². The van der Waals surface area contributed by atoms with Gasteiger partial charge in [-0.25, -0.2) is 4.79 Å². The van der Waals surface area contributed by atoms with Gasteiger partial charge in [0.1, 0.15) is 0 Å². The zero-order valence-electron chi connectivity index (χ0n) is 14.0. The minimum absolute atomic E-state index is 0.0126. The predicted molar refractivity (Wildman–Crippen MR) is 82.0 cm³/mol. The van der Waals surface area contributed by atoms with Crippen molar-refractivity contribution in [2.24, 2.45) is 0 Å². The highest BCUT2D eigenvalue weighted by atomic mass is 19.4. The summed E-state index contributed by atoms with van der Waals surface area (Å²) in [6.07, 6.45) is -4.45. The molecule has 1 amide bonds. The Hall–Kier alpha value is -2.91. The fourth-order valence-electron chi connectivity index (χ4n) is 1.92. The molecule has 26 heavy (non-hydrogen) atoms. The summed E-state index contributed by atoms with van der Waals surface area (Å²) in [6, 6.07) is 6.09. The molecule has 0 saturated heterocycles. The van der Waals surface area contributed by atoms with E-state index in [1.54, 1.807) is 26.0 Å². The fraction of sp³-hybridized carbons (Fsp3) is 0.375. The summed E-state index contributed by atoms with van der Waals surface area (Å²) < 4.78 is 41.7. The Morgan fingerprint density at radius 1 is 1.15 bits per heavy atom. The lowest BCUT2D eigenvalue weighted by molar-refractivity contribution is -0.200. The van der Waals surface area contributed by atoms with Crippen LogP contribution in [0.2, 0.25) is 0 Å². The number of alkyl halides is 3. The van der Waals surface area contributed by atoms with E-state index in [0.29, 0.717) is 11.1 Å². The maximum atomic E-state index is 12.5. The van der Waals surface area contributed by atoms with Gasteiger partial charge in [-0.15, -0.1) is 0 Å². The molecule has 0 bridgehead atoms. The van der Waals surface area contributed by atoms with Crippen LogP contribution in [0.25, 0.3) is 11.4 Å². The van der Waals surface area contributed by atoms with Gasteiger partial charge in [-0.3, -0.25) is 4.79 Å². The zero-order valence-corrected chi connectivity index (χ0v) is 14.0. The van der Waals surface area contributed by atoms with E-state index in [4.69, 9.17) is 4.84 Å². The van der Waals surface area contributed by atoms with Gasteiger partial charge in [0.15, 0.2) is 0 Å². The molecule has 0 N–H and O–H groups in total. The van der Waals surface area contributed by atoms with Gasteiger partial charge >= 0.3 is 18.0 Å². The minimum atomic E-state index is -4.71. The third-order valence-electron chi connectivity index (χ3n) is 3.29. The number of aromatic nitrogens is 2. The van der Waals surface area contributed by atoms with Crippen molar-refractivity contribution in [1.82, 2.24) is 15.2 Å². The monoisotopic (exact) mass is 371 g/mol. The second kappa shape index (κ2) is 7.98. The number of hydrogen-bond acceptors (Lipinski definition) is 6. The maximum absolute atomic E-state index is 12.5. The number of halogens is 3. The summed E-state index contributed by atoms with van der Waals surface area (Å²) in [4.78, 5) is 31.6. The van der Waals surface area contributed by atoms with Gasteiger partial charge in [0, 0.05) is 18.4 Å². The van der Waals surface area contributed by atoms with E-state index >= 15 is 0 Å². The van der Waals surface area contributed by atoms with Gasteiger partial charge < -0.3 is 9.36 Å². The second-order valence-electron chi connectivity index (χ2n) is 5.22. The standard InChI is InChI=1S/C16H16F3N3O4/c1-3-12(23)22(26-13(24)4-2)9-10-5-7-11(8-6-10)14-20-15(25-21-14)16(17,18)19/h5-8H,3-4,9H2,1-2H3. The Bertz CT molecular complexity index is 772. The molecular weight excluding hydrogens is 355 g/mol. The Labute approximate surface area is 146 Å². The maximum Gasteiger partial charge on any atom is 0.471 e. The van der Waals surface area contributed by atoms with Crippen LogP contribution < -0.4 is 0 Å². The van der Waals surface area contributed by atoms with Crippen LogP contribution in [0.3, 0.4) is 0 Å². The number of carbonyl (C=O) groups excluding carboxylic acids is 2. The number of rotatable bonds is 5. The molecule has 1 heterocycles. The SMILES string of the molecule is CCC(=O)ON(Cc1ccc(-c2noc(C(F)(F)F)n2)cc1)C(=O)CC. The molecule has 140 valence electrons. The zero-order chi connectivity index (χ0) is 19.3. The summed E-state index contributed by atoms with van der Waals surface area (Å²) in [5, 5.41) is 4.25. The molecule has 10 heteroatoms. The first kappa shape index (κ1) is 19.4. The van der Waals surface area contributed by atoms with Crippen LogP contribution in [-0.4, -0.2) is 27.1 Å². The number of nitrogens with zero attached hydrogens (tertiary/aromatic N) is 3. The average molecular weight is 371 g/mol. The topological polar surface area (TPSA) is 85.5 Å². The number of hydrogen-bond donors (Lipinski definition) is 0. The van der Waals surface area contributed by atoms with Crippen LogP contribution in [-0.2, 0) is 27.1 Å². The summed E-state index contributed by atoms with van der Waals surface area (Å²) in [7, 11) is 0. The van der Waals surface area contributed by atoms with Gasteiger partial charge in [-0.1, -0.05) is 43.3 Å². The van der Waals surface area contributed by atoms with Gasteiger partial charge in [-0.05, 0) is 5.56 Å². The lowest BCUT2D eigenvalue weighted by atomic mass is 10.1. The molecule has 0 aliphatic rings. The van der Waals surface area contributed by atoms with E-state index in [1.165, 1.54) is 12.1 Å². The molecule has 0 saturated carbocycles. The molecule has 2 rings (SSSR count). The molecule has 1 aromatic heterocycles. The molecule has 0 atom stereocenters. The van der Waals surface area contributed by atoms with Crippen LogP contribution in [0.15, 0.2) is 28.8 Å². The Balaban J connectivity index is 2.13. The third kappa shape index (κ3) is 4.80. The molecule has 2 aromatic rings. The van der Waals surface area contributed by atoms with Gasteiger partial charge in [0.05, 0.1) is 6.54 Å². The van der Waals surface area contributed by atoms with Crippen LogP contribution >= 0.6 is 0 Å². The van der Waals surface area contributed by atoms with Crippen molar-refractivity contribution in [3.63, 3.8) is 0 Å². The molecule has 7 nitrogen and oxygen atoms in total. The third-order valence-corrected chi connectivity index (χ3v) is 3.29. The van der Waals surface area contributed by atoms with E-state index in [1.807, 2.05) is 0 Å². The van der Waals surface area contributed by atoms with Gasteiger partial charge in [-0.2, -0.15) is 23.2 Å². The summed E-state index contributed by atoms with van der Waals surface area (Å²) in [5.74, 6) is -2.55. The molecule has 0 unspecified atom stereocenters. The first-order valence-corrected chi connectivity index (χ1v) is 7.76. The molecule has 0 radical (unpaired) electrons. The Kier molecular flexibility index (Phi) is 5.96. The Morgan fingerprint density at radius 3 is 2.31 bits per heavy atom. The van der Waals surface area contributed by atoms with Crippen LogP contribution in [0.4, 0.5) is 13.2 Å². The van der Waals surface area contributed by atoms with Crippen molar-refractivity contribution in [1.29, 1.82) is 0 Å². The second-order valence-corrected chi connectivity index (χ2v) is 5.22. The molecule has 0 aliphatic carbocycles. The number of hydroxylamine groups is 2. The van der Waals surface area contributed by atoms with Crippen LogP contribution in [0.1, 0.15) is 38.1 Å². The molecular formula is C16H16F3N3O4. The predicted octanol–water partition coefficient (Wildman–Crippen LogP) is 3.36. The number of benzene rings is 1. The van der Waals surface area contributed by atoms with Crippen molar-refractivity contribution in [3.8, 4) is 11.4 Å². The number of carbonyl (C=O) groups is 2. The van der Waals surface area contributed by atoms with Crippen molar-refractivity contribution >= 4 is 11.9 Å². The van der Waals surface area contributed by atoms with E-state index in [2.05, 4.69) is 14.7 Å². The highest BCUT2D eigenvalue weighted by molar-refractivity contribution is 5.77. The van der Waals surface area contributed by atoms with E-state index < -0.39 is 18.0 Å². The van der Waals surface area contributed by atoms with Crippen molar-refractivity contribution in [3.05, 3.63) is 35.7 Å². The molecule has 0 fully saturated rings. The molecule has 0 spiro atoms. The highest BCUT2D eigenvalue weighted by Gasteiger charge is 2.38. The largest absolute Gasteiger partial charge is 0.471 e. The quantitative estimate of drug-likeness (QED) is 0.749. The highest BCUT2D eigenvalue weighted by Crippen LogP contribution is 2.29. The van der Waals surface area contributed by atoms with Crippen LogP contribution in [0.5, 0.6) is 0 Å². The van der Waals surface area contributed by atoms with E-state index in [-0.39, 0.29) is 31.1 Å². The summed E-state index contributed by atoms with van der Waals surface area (Å²) in [6.45, 7) is 3.25. The van der Waals surface area contributed by atoms with Gasteiger partial charge in [0.25, 0.3) is 5.91 Å².